The first-order valence-electron chi connectivity index (χ1n) is 7.86. The van der Waals surface area contributed by atoms with Gasteiger partial charge in [-0.05, 0) is 45.0 Å². The summed E-state index contributed by atoms with van der Waals surface area (Å²) in [7, 11) is 0. The summed E-state index contributed by atoms with van der Waals surface area (Å²) < 4.78 is 13.9. The molecule has 0 radical (unpaired) electrons. The second-order valence-electron chi connectivity index (χ2n) is 5.75. The molecule has 3 nitrogen and oxygen atoms in total. The Kier molecular flexibility index (Phi) is 8.39. The van der Waals surface area contributed by atoms with Gasteiger partial charge in [0.05, 0.1) is 6.54 Å². The summed E-state index contributed by atoms with van der Waals surface area (Å²) in [6.07, 6.45) is 1.17. The van der Waals surface area contributed by atoms with Crippen molar-refractivity contribution in [3.8, 4) is 10.4 Å². The molecule has 0 spiro atoms. The monoisotopic (exact) mass is 370 g/mol. The maximum absolute atomic E-state index is 13.9. The lowest BCUT2D eigenvalue weighted by molar-refractivity contribution is -0.133. The average Bonchev–Trinajstić information content (AvgIpc) is 2.99. The topological polar surface area (TPSA) is 46.3 Å². The van der Waals surface area contributed by atoms with Crippen LogP contribution in [-0.4, -0.2) is 23.4 Å². The van der Waals surface area contributed by atoms with Crippen LogP contribution in [0.4, 0.5) is 4.39 Å². The fourth-order valence-corrected chi connectivity index (χ4v) is 3.43. The highest BCUT2D eigenvalue weighted by Gasteiger charge is 2.18. The van der Waals surface area contributed by atoms with Gasteiger partial charge in [0.1, 0.15) is 5.82 Å². The van der Waals surface area contributed by atoms with E-state index >= 15 is 0 Å². The van der Waals surface area contributed by atoms with E-state index in [9.17, 15) is 9.18 Å². The molecular weight excluding hydrogens is 347 g/mol. The van der Waals surface area contributed by atoms with E-state index in [1.807, 2.05) is 36.9 Å². The number of nitrogens with zero attached hydrogens (tertiary/aromatic N) is 1. The zero-order chi connectivity index (χ0) is 16.8. The van der Waals surface area contributed by atoms with Crippen molar-refractivity contribution < 1.29 is 9.18 Å². The number of carbonyl (C=O) groups excluding carboxylic acids is 1. The van der Waals surface area contributed by atoms with E-state index in [0.717, 1.165) is 9.75 Å². The van der Waals surface area contributed by atoms with Crippen molar-refractivity contribution in [1.29, 1.82) is 0 Å². The van der Waals surface area contributed by atoms with E-state index in [1.165, 1.54) is 17.4 Å². The van der Waals surface area contributed by atoms with E-state index in [2.05, 4.69) is 0 Å². The summed E-state index contributed by atoms with van der Waals surface area (Å²) in [4.78, 5) is 16.1. The number of halogens is 2. The Morgan fingerprint density at radius 3 is 2.58 bits per heavy atom. The van der Waals surface area contributed by atoms with Crippen LogP contribution < -0.4 is 5.73 Å². The summed E-state index contributed by atoms with van der Waals surface area (Å²) in [5.41, 5.74) is 6.09. The van der Waals surface area contributed by atoms with Crippen molar-refractivity contribution in [1.82, 2.24) is 4.90 Å². The lowest BCUT2D eigenvalue weighted by Gasteiger charge is -2.26. The quantitative estimate of drug-likeness (QED) is 0.782. The third-order valence-electron chi connectivity index (χ3n) is 3.67. The Hall–Kier alpha value is -1.43. The maximum atomic E-state index is 13.9. The van der Waals surface area contributed by atoms with Crippen LogP contribution in [0.3, 0.4) is 0 Å². The van der Waals surface area contributed by atoms with Crippen molar-refractivity contribution in [3.63, 3.8) is 0 Å². The minimum atomic E-state index is -0.222. The van der Waals surface area contributed by atoms with Gasteiger partial charge in [-0.25, -0.2) is 4.39 Å². The molecule has 1 aromatic heterocycles. The Morgan fingerprint density at radius 2 is 1.96 bits per heavy atom. The first-order valence-corrected chi connectivity index (χ1v) is 8.67. The lowest BCUT2D eigenvalue weighted by Crippen LogP contribution is -2.36. The molecule has 2 aromatic rings. The number of hydrogen-bond donors (Lipinski definition) is 1. The van der Waals surface area contributed by atoms with E-state index in [4.69, 9.17) is 5.73 Å². The van der Waals surface area contributed by atoms with Crippen LogP contribution in [0.15, 0.2) is 36.4 Å². The maximum Gasteiger partial charge on any atom is 0.223 e. The van der Waals surface area contributed by atoms with Crippen LogP contribution in [0, 0.1) is 5.82 Å². The molecular formula is C18H24ClFN2OS. The number of hydrogen-bond acceptors (Lipinski definition) is 3. The SMILES string of the molecule is CC(C)N(Cc1ccc(-c2ccccc2F)s1)C(=O)CCCN.Cl. The van der Waals surface area contributed by atoms with Gasteiger partial charge in [-0.2, -0.15) is 0 Å². The van der Waals surface area contributed by atoms with Crippen LogP contribution in [0.2, 0.25) is 0 Å². The van der Waals surface area contributed by atoms with Crippen molar-refractivity contribution in [2.24, 2.45) is 5.73 Å². The van der Waals surface area contributed by atoms with E-state index in [1.54, 1.807) is 12.1 Å². The molecule has 2 rings (SSSR count). The molecule has 1 aromatic carbocycles. The first kappa shape index (κ1) is 20.6. The number of rotatable bonds is 7. The van der Waals surface area contributed by atoms with Crippen LogP contribution in [0.25, 0.3) is 10.4 Å². The van der Waals surface area contributed by atoms with Crippen LogP contribution in [0.1, 0.15) is 31.6 Å². The molecule has 132 valence electrons. The minimum Gasteiger partial charge on any atom is -0.335 e. The Bertz CT molecular complexity index is 660. The van der Waals surface area contributed by atoms with Crippen molar-refractivity contribution in [2.45, 2.75) is 39.3 Å². The van der Waals surface area contributed by atoms with Crippen LogP contribution in [-0.2, 0) is 11.3 Å². The molecule has 6 heteroatoms. The smallest absolute Gasteiger partial charge is 0.223 e. The molecule has 1 amide bonds. The van der Waals surface area contributed by atoms with Gasteiger partial charge in [0.2, 0.25) is 5.91 Å². The van der Waals surface area contributed by atoms with E-state index in [0.29, 0.717) is 31.5 Å². The van der Waals surface area contributed by atoms with Crippen molar-refractivity contribution >= 4 is 29.7 Å². The van der Waals surface area contributed by atoms with Gasteiger partial charge < -0.3 is 10.6 Å². The number of benzene rings is 1. The molecule has 0 fully saturated rings. The fraction of sp³-hybridized carbons (Fsp3) is 0.389. The zero-order valence-electron chi connectivity index (χ0n) is 14.0. The highest BCUT2D eigenvalue weighted by Crippen LogP contribution is 2.31. The molecule has 0 atom stereocenters. The van der Waals surface area contributed by atoms with Gasteiger partial charge in [0.25, 0.3) is 0 Å². The first-order chi connectivity index (χ1) is 11.0. The molecule has 0 saturated carbocycles. The summed E-state index contributed by atoms with van der Waals surface area (Å²) in [6.45, 7) is 5.09. The Labute approximate surface area is 153 Å². The highest BCUT2D eigenvalue weighted by molar-refractivity contribution is 7.15. The van der Waals surface area contributed by atoms with E-state index < -0.39 is 0 Å². The molecule has 0 aliphatic heterocycles. The molecule has 0 unspecified atom stereocenters. The predicted molar refractivity (Wildman–Crippen MR) is 101 cm³/mol. The average molecular weight is 371 g/mol. The minimum absolute atomic E-state index is 0. The Balaban J connectivity index is 0.00000288. The number of nitrogens with two attached hydrogens (primary N) is 1. The van der Waals surface area contributed by atoms with Crippen molar-refractivity contribution in [3.05, 3.63) is 47.1 Å². The summed E-state index contributed by atoms with van der Waals surface area (Å²) in [5.74, 6) is -0.105. The van der Waals surface area contributed by atoms with Gasteiger partial charge in [-0.3, -0.25) is 4.79 Å². The van der Waals surface area contributed by atoms with Crippen molar-refractivity contribution in [2.75, 3.05) is 6.54 Å². The highest BCUT2D eigenvalue weighted by atomic mass is 35.5. The van der Waals surface area contributed by atoms with Gasteiger partial charge in [0.15, 0.2) is 0 Å². The van der Waals surface area contributed by atoms with Gasteiger partial charge in [0, 0.05) is 27.8 Å². The summed E-state index contributed by atoms with van der Waals surface area (Å²) in [6, 6.07) is 10.8. The standard InChI is InChI=1S/C18H23FN2OS.ClH/c1-13(2)21(18(22)8-5-11-20)12-14-9-10-17(23-14)15-6-3-4-7-16(15)19;/h3-4,6-7,9-10,13H,5,8,11-12,20H2,1-2H3;1H. The van der Waals surface area contributed by atoms with Gasteiger partial charge in [-0.15, -0.1) is 23.7 Å². The molecule has 2 N–H and O–H groups in total. The normalized spacial score (nSPS) is 10.5. The molecule has 0 aliphatic carbocycles. The van der Waals surface area contributed by atoms with Gasteiger partial charge >= 0.3 is 0 Å². The number of amides is 1. The molecule has 0 bridgehead atoms. The second kappa shape index (κ2) is 9.77. The summed E-state index contributed by atoms with van der Waals surface area (Å²) in [5, 5.41) is 0. The third kappa shape index (κ3) is 5.30. The molecule has 0 saturated heterocycles. The predicted octanol–water partition coefficient (Wildman–Crippen LogP) is 4.45. The van der Waals surface area contributed by atoms with E-state index in [-0.39, 0.29) is 30.2 Å². The largest absolute Gasteiger partial charge is 0.335 e. The van der Waals surface area contributed by atoms with Crippen LogP contribution >= 0.6 is 23.7 Å². The summed E-state index contributed by atoms with van der Waals surface area (Å²) >= 11 is 1.53. The number of carbonyl (C=O) groups is 1. The van der Waals surface area contributed by atoms with Crippen LogP contribution in [0.5, 0.6) is 0 Å². The number of thiophene rings is 1. The zero-order valence-corrected chi connectivity index (χ0v) is 15.6. The Morgan fingerprint density at radius 1 is 1.25 bits per heavy atom. The third-order valence-corrected chi connectivity index (χ3v) is 4.77. The molecule has 0 aliphatic rings. The lowest BCUT2D eigenvalue weighted by atomic mass is 10.2. The fourth-order valence-electron chi connectivity index (χ4n) is 2.39. The molecule has 24 heavy (non-hydrogen) atoms. The molecule has 1 heterocycles. The second-order valence-corrected chi connectivity index (χ2v) is 6.92. The van der Waals surface area contributed by atoms with Gasteiger partial charge in [-0.1, -0.05) is 18.2 Å².